The molecule has 1 aliphatic rings. The van der Waals surface area contributed by atoms with Crippen molar-refractivity contribution in [3.8, 4) is 0 Å². The average Bonchev–Trinajstić information content (AvgIpc) is 2.62. The van der Waals surface area contributed by atoms with Crippen LogP contribution >= 0.6 is 0 Å². The third-order valence-corrected chi connectivity index (χ3v) is 5.16. The van der Waals surface area contributed by atoms with Gasteiger partial charge in [0.15, 0.2) is 0 Å². The first-order valence-corrected chi connectivity index (χ1v) is 9.57. The van der Waals surface area contributed by atoms with Crippen LogP contribution in [0.5, 0.6) is 0 Å². The van der Waals surface area contributed by atoms with E-state index in [1.165, 1.54) is 0 Å². The van der Waals surface area contributed by atoms with Crippen LogP contribution in [0.2, 0.25) is 0 Å². The van der Waals surface area contributed by atoms with Crippen molar-refractivity contribution in [1.82, 2.24) is 9.71 Å². The molecule has 24 heavy (non-hydrogen) atoms. The number of benzene rings is 1. The normalized spacial score (nSPS) is 15.4. The molecule has 0 saturated carbocycles. The first-order chi connectivity index (χ1) is 11.6. The van der Waals surface area contributed by atoms with Gasteiger partial charge >= 0.3 is 0 Å². The van der Waals surface area contributed by atoms with Crippen molar-refractivity contribution in [2.24, 2.45) is 0 Å². The maximum Gasteiger partial charge on any atom is 0.216 e. The number of morpholine rings is 1. The van der Waals surface area contributed by atoms with E-state index in [2.05, 4.69) is 14.6 Å². The molecule has 0 amide bonds. The Morgan fingerprint density at radius 2 is 1.83 bits per heavy atom. The minimum Gasteiger partial charge on any atom is -0.378 e. The zero-order valence-corrected chi connectivity index (χ0v) is 14.2. The summed E-state index contributed by atoms with van der Waals surface area (Å²) in [6.07, 6.45) is 1.73. The van der Waals surface area contributed by atoms with Crippen molar-refractivity contribution in [2.45, 2.75) is 12.3 Å². The lowest BCUT2D eigenvalue weighted by atomic mass is 10.2. The number of aromatic nitrogens is 1. The van der Waals surface area contributed by atoms with E-state index < -0.39 is 10.0 Å². The van der Waals surface area contributed by atoms with Crippen molar-refractivity contribution in [3.05, 3.63) is 59.8 Å². The summed E-state index contributed by atoms with van der Waals surface area (Å²) in [6.45, 7) is 3.09. The molecular weight excluding hydrogens is 326 g/mol. The summed E-state index contributed by atoms with van der Waals surface area (Å²) < 4.78 is 32.6. The number of pyridine rings is 1. The van der Waals surface area contributed by atoms with E-state index in [4.69, 9.17) is 4.74 Å². The Bertz CT molecular complexity index is 760. The average molecular weight is 347 g/mol. The summed E-state index contributed by atoms with van der Waals surface area (Å²) >= 11 is 0. The summed E-state index contributed by atoms with van der Waals surface area (Å²) in [6, 6.07) is 12.9. The number of nitrogens with zero attached hydrogens (tertiary/aromatic N) is 2. The predicted octanol–water partition coefficient (Wildman–Crippen LogP) is 1.54. The highest BCUT2D eigenvalue weighted by Crippen LogP contribution is 2.18. The molecule has 6 nitrogen and oxygen atoms in total. The van der Waals surface area contributed by atoms with Crippen molar-refractivity contribution in [3.63, 3.8) is 0 Å². The zero-order chi connectivity index (χ0) is 16.8. The second-order valence-electron chi connectivity index (χ2n) is 5.65. The topological polar surface area (TPSA) is 71.5 Å². The molecule has 1 N–H and O–H groups in total. The summed E-state index contributed by atoms with van der Waals surface area (Å²) in [5.74, 6) is 0.796. The molecule has 0 atom stereocenters. The van der Waals surface area contributed by atoms with Crippen molar-refractivity contribution in [1.29, 1.82) is 0 Å². The molecule has 0 radical (unpaired) electrons. The number of hydrogen-bond donors (Lipinski definition) is 1. The first kappa shape index (κ1) is 16.9. The van der Waals surface area contributed by atoms with Crippen LogP contribution in [0.25, 0.3) is 0 Å². The Labute approximate surface area is 142 Å². The molecule has 0 unspecified atom stereocenters. The van der Waals surface area contributed by atoms with Gasteiger partial charge in [-0.15, -0.1) is 0 Å². The minimum atomic E-state index is -3.40. The number of hydrogen-bond acceptors (Lipinski definition) is 5. The molecule has 1 aromatic heterocycles. The van der Waals surface area contributed by atoms with E-state index in [9.17, 15) is 8.42 Å². The Balaban J connectivity index is 1.68. The van der Waals surface area contributed by atoms with Gasteiger partial charge in [-0.2, -0.15) is 0 Å². The number of ether oxygens (including phenoxy) is 1. The molecule has 0 aliphatic carbocycles. The molecule has 128 valence electrons. The summed E-state index contributed by atoms with van der Waals surface area (Å²) in [5, 5.41) is 0. The molecule has 7 heteroatoms. The molecule has 2 aromatic rings. The number of sulfonamides is 1. The fraction of sp³-hybridized carbons (Fsp3) is 0.353. The van der Waals surface area contributed by atoms with Crippen LogP contribution < -0.4 is 9.62 Å². The smallest absolute Gasteiger partial charge is 0.216 e. The van der Waals surface area contributed by atoms with E-state index >= 15 is 0 Å². The van der Waals surface area contributed by atoms with Gasteiger partial charge in [-0.1, -0.05) is 36.4 Å². The third kappa shape index (κ3) is 4.53. The van der Waals surface area contributed by atoms with Crippen LogP contribution in [0.3, 0.4) is 0 Å². The fourth-order valence-electron chi connectivity index (χ4n) is 2.66. The minimum absolute atomic E-state index is 0.0268. The molecule has 0 bridgehead atoms. The SMILES string of the molecule is O=S(=O)(Cc1ccccc1)NCc1cccnc1N1CCOCC1. The van der Waals surface area contributed by atoms with Crippen molar-refractivity contribution in [2.75, 3.05) is 31.2 Å². The van der Waals surface area contributed by atoms with E-state index in [1.807, 2.05) is 42.5 Å². The van der Waals surface area contributed by atoms with Gasteiger partial charge in [0.25, 0.3) is 0 Å². The maximum atomic E-state index is 12.3. The quantitative estimate of drug-likeness (QED) is 0.858. The monoisotopic (exact) mass is 347 g/mol. The van der Waals surface area contributed by atoms with Gasteiger partial charge < -0.3 is 9.64 Å². The second-order valence-corrected chi connectivity index (χ2v) is 7.46. The lowest BCUT2D eigenvalue weighted by Gasteiger charge is -2.29. The largest absolute Gasteiger partial charge is 0.378 e. The fourth-order valence-corrected chi connectivity index (χ4v) is 3.77. The number of rotatable bonds is 6. The highest BCUT2D eigenvalue weighted by atomic mass is 32.2. The van der Waals surface area contributed by atoms with Crippen LogP contribution in [0.15, 0.2) is 48.7 Å². The lowest BCUT2D eigenvalue weighted by Crippen LogP contribution is -2.38. The molecule has 1 saturated heterocycles. The van der Waals surface area contributed by atoms with Gasteiger partial charge in [0.1, 0.15) is 5.82 Å². The summed E-state index contributed by atoms with van der Waals surface area (Å²) in [5.41, 5.74) is 1.64. The second kappa shape index (κ2) is 7.74. The predicted molar refractivity (Wildman–Crippen MR) is 93.2 cm³/mol. The van der Waals surface area contributed by atoms with Crippen molar-refractivity contribution < 1.29 is 13.2 Å². The molecule has 0 spiro atoms. The summed E-state index contributed by atoms with van der Waals surface area (Å²) in [4.78, 5) is 6.55. The Morgan fingerprint density at radius 3 is 2.58 bits per heavy atom. The van der Waals surface area contributed by atoms with Crippen LogP contribution in [-0.2, 0) is 27.1 Å². The standard InChI is InChI=1S/C17H21N3O3S/c21-24(22,14-15-5-2-1-3-6-15)19-13-16-7-4-8-18-17(16)20-9-11-23-12-10-20/h1-8,19H,9-14H2. The molecule has 1 fully saturated rings. The third-order valence-electron chi connectivity index (χ3n) is 3.86. The molecule has 1 aromatic carbocycles. The summed E-state index contributed by atoms with van der Waals surface area (Å²) in [7, 11) is -3.40. The van der Waals surface area contributed by atoms with Crippen LogP contribution in [-0.4, -0.2) is 39.7 Å². The highest BCUT2D eigenvalue weighted by Gasteiger charge is 2.17. The Kier molecular flexibility index (Phi) is 5.44. The van der Waals surface area contributed by atoms with Gasteiger partial charge in [0, 0.05) is 31.4 Å². The van der Waals surface area contributed by atoms with Crippen LogP contribution in [0, 0.1) is 0 Å². The number of nitrogens with one attached hydrogen (secondary N) is 1. The van der Waals surface area contributed by atoms with Gasteiger partial charge in [-0.3, -0.25) is 0 Å². The van der Waals surface area contributed by atoms with Crippen LogP contribution in [0.1, 0.15) is 11.1 Å². The lowest BCUT2D eigenvalue weighted by molar-refractivity contribution is 0.122. The Morgan fingerprint density at radius 1 is 1.08 bits per heavy atom. The van der Waals surface area contributed by atoms with Crippen molar-refractivity contribution >= 4 is 15.8 Å². The van der Waals surface area contributed by atoms with Crippen LogP contribution in [0.4, 0.5) is 5.82 Å². The first-order valence-electron chi connectivity index (χ1n) is 7.92. The molecule has 2 heterocycles. The van der Waals surface area contributed by atoms with E-state index in [0.717, 1.165) is 30.0 Å². The van der Waals surface area contributed by atoms with E-state index in [1.54, 1.807) is 6.20 Å². The van der Waals surface area contributed by atoms with Gasteiger partial charge in [-0.25, -0.2) is 18.1 Å². The molecule has 3 rings (SSSR count). The molecular formula is C17H21N3O3S. The Hall–Kier alpha value is -1.96. The highest BCUT2D eigenvalue weighted by molar-refractivity contribution is 7.88. The van der Waals surface area contributed by atoms with E-state index in [0.29, 0.717) is 13.2 Å². The number of anilines is 1. The van der Waals surface area contributed by atoms with Gasteiger partial charge in [-0.05, 0) is 11.6 Å². The zero-order valence-electron chi connectivity index (χ0n) is 13.4. The maximum absolute atomic E-state index is 12.3. The van der Waals surface area contributed by atoms with E-state index in [-0.39, 0.29) is 12.3 Å². The van der Waals surface area contributed by atoms with Gasteiger partial charge in [0.2, 0.25) is 10.0 Å². The molecule has 1 aliphatic heterocycles. The van der Waals surface area contributed by atoms with Gasteiger partial charge in [0.05, 0.1) is 19.0 Å².